The molecule has 3 heteroatoms. The molecule has 0 aliphatic rings. The van der Waals surface area contributed by atoms with Crippen LogP contribution in [-0.4, -0.2) is 16.9 Å². The van der Waals surface area contributed by atoms with E-state index in [0.29, 0.717) is 0 Å². The van der Waals surface area contributed by atoms with Gasteiger partial charge in [0.05, 0.1) is 0 Å². The van der Waals surface area contributed by atoms with Gasteiger partial charge in [0, 0.05) is 12.4 Å². The number of aromatic nitrogens is 1. The third kappa shape index (κ3) is 1.54. The topological polar surface area (TPSA) is 33.1 Å². The first-order chi connectivity index (χ1) is 4.30. The minimum absolute atomic E-state index is 0.404. The van der Waals surface area contributed by atoms with Gasteiger partial charge in [-0.1, -0.05) is 12.9 Å². The Balaban J connectivity index is 2.85. The molecule has 0 aromatic carbocycles. The Hall–Kier alpha value is -0.825. The molecule has 0 unspecified atom stereocenters. The molecule has 0 spiro atoms. The molecule has 1 aromatic heterocycles. The molecule has 0 amide bonds. The summed E-state index contributed by atoms with van der Waals surface area (Å²) in [5, 5.41) is 8.98. The van der Waals surface area contributed by atoms with E-state index in [1.54, 1.807) is 19.2 Å². The van der Waals surface area contributed by atoms with Crippen LogP contribution in [0.3, 0.4) is 0 Å². The minimum atomic E-state index is -0.404. The van der Waals surface area contributed by atoms with E-state index in [1.165, 1.54) is 0 Å². The number of nitrogens with zero attached hydrogens (tertiary/aromatic N) is 1. The molecule has 46 valence electrons. The van der Waals surface area contributed by atoms with Crippen LogP contribution in [0.4, 0.5) is 0 Å². The van der Waals surface area contributed by atoms with Crippen LogP contribution in [-0.2, 0) is 0 Å². The summed E-state index contributed by atoms with van der Waals surface area (Å²) < 4.78 is 0. The van der Waals surface area contributed by atoms with Gasteiger partial charge in [-0.3, -0.25) is 4.98 Å². The van der Waals surface area contributed by atoms with Gasteiger partial charge in [-0.2, -0.15) is 0 Å². The molecule has 1 rings (SSSR count). The maximum atomic E-state index is 8.98. The summed E-state index contributed by atoms with van der Waals surface area (Å²) in [5.74, 6) is 0. The van der Waals surface area contributed by atoms with Gasteiger partial charge in [0.25, 0.3) is 0 Å². The van der Waals surface area contributed by atoms with Gasteiger partial charge < -0.3 is 5.02 Å². The van der Waals surface area contributed by atoms with Gasteiger partial charge >= 0.3 is 6.92 Å². The molecule has 0 aliphatic carbocycles. The SMILES string of the molecule is CB(O)c1cccnc1. The van der Waals surface area contributed by atoms with Crippen LogP contribution < -0.4 is 5.46 Å². The summed E-state index contributed by atoms with van der Waals surface area (Å²) in [4.78, 5) is 3.85. The monoisotopic (exact) mass is 121 g/mol. The molecule has 0 fully saturated rings. The maximum Gasteiger partial charge on any atom is 0.321 e. The summed E-state index contributed by atoms with van der Waals surface area (Å²) >= 11 is 0. The third-order valence-electron chi connectivity index (χ3n) is 1.17. The Bertz CT molecular complexity index is 176. The van der Waals surface area contributed by atoms with E-state index < -0.39 is 6.92 Å². The second-order valence-electron chi connectivity index (χ2n) is 1.96. The summed E-state index contributed by atoms with van der Waals surface area (Å²) in [6, 6.07) is 3.65. The molecule has 0 atom stereocenters. The average molecular weight is 121 g/mol. The normalized spacial score (nSPS) is 9.11. The lowest BCUT2D eigenvalue weighted by molar-refractivity contribution is 0.594. The second kappa shape index (κ2) is 2.64. The minimum Gasteiger partial charge on any atom is -0.446 e. The van der Waals surface area contributed by atoms with Crippen LogP contribution in [0.25, 0.3) is 0 Å². The first-order valence-corrected chi connectivity index (χ1v) is 2.88. The molecule has 2 nitrogen and oxygen atoms in total. The van der Waals surface area contributed by atoms with Crippen molar-refractivity contribution >= 4 is 12.4 Å². The highest BCUT2D eigenvalue weighted by Gasteiger charge is 2.03. The van der Waals surface area contributed by atoms with Crippen molar-refractivity contribution in [1.82, 2.24) is 4.98 Å². The highest BCUT2D eigenvalue weighted by Crippen LogP contribution is 1.79. The average Bonchev–Trinajstić information content (AvgIpc) is 1.90. The van der Waals surface area contributed by atoms with Crippen molar-refractivity contribution in [2.24, 2.45) is 0 Å². The quantitative estimate of drug-likeness (QED) is 0.526. The Labute approximate surface area is 54.7 Å². The van der Waals surface area contributed by atoms with Gasteiger partial charge in [-0.05, 0) is 11.5 Å². The summed E-state index contributed by atoms with van der Waals surface area (Å²) in [6.45, 7) is 1.32. The van der Waals surface area contributed by atoms with E-state index in [2.05, 4.69) is 4.98 Å². The molecule has 0 saturated carbocycles. The van der Waals surface area contributed by atoms with Gasteiger partial charge in [0.2, 0.25) is 0 Å². The number of rotatable bonds is 1. The Morgan fingerprint density at radius 3 is 2.78 bits per heavy atom. The van der Waals surface area contributed by atoms with Crippen molar-refractivity contribution < 1.29 is 5.02 Å². The molecule has 1 heterocycles. The van der Waals surface area contributed by atoms with Crippen LogP contribution in [0.2, 0.25) is 6.82 Å². The van der Waals surface area contributed by atoms with E-state index in [-0.39, 0.29) is 0 Å². The zero-order chi connectivity index (χ0) is 6.69. The Morgan fingerprint density at radius 2 is 2.44 bits per heavy atom. The molecule has 9 heavy (non-hydrogen) atoms. The zero-order valence-electron chi connectivity index (χ0n) is 5.28. The molecular formula is C6H8BNO. The van der Waals surface area contributed by atoms with Crippen LogP contribution in [0.1, 0.15) is 0 Å². The van der Waals surface area contributed by atoms with Crippen LogP contribution >= 0.6 is 0 Å². The standard InChI is InChI=1S/C6H8BNO/c1-7(9)6-3-2-4-8-5-6/h2-5,9H,1H3. The molecule has 1 N–H and O–H groups in total. The molecular weight excluding hydrogens is 113 g/mol. The first-order valence-electron chi connectivity index (χ1n) is 2.88. The van der Waals surface area contributed by atoms with Crippen molar-refractivity contribution in [3.8, 4) is 0 Å². The van der Waals surface area contributed by atoms with Crippen molar-refractivity contribution in [1.29, 1.82) is 0 Å². The van der Waals surface area contributed by atoms with Crippen LogP contribution in [0.15, 0.2) is 24.5 Å². The van der Waals surface area contributed by atoms with Crippen molar-refractivity contribution in [2.45, 2.75) is 6.82 Å². The van der Waals surface area contributed by atoms with Gasteiger partial charge in [0.1, 0.15) is 0 Å². The van der Waals surface area contributed by atoms with E-state index in [1.807, 2.05) is 12.1 Å². The lowest BCUT2D eigenvalue weighted by Crippen LogP contribution is -2.25. The van der Waals surface area contributed by atoms with Gasteiger partial charge in [0.15, 0.2) is 0 Å². The fourth-order valence-corrected chi connectivity index (χ4v) is 0.623. The molecule has 0 radical (unpaired) electrons. The maximum absolute atomic E-state index is 8.98. The largest absolute Gasteiger partial charge is 0.446 e. The molecule has 1 aromatic rings. The Morgan fingerprint density at radius 1 is 1.67 bits per heavy atom. The summed E-state index contributed by atoms with van der Waals surface area (Å²) in [6.07, 6.45) is 3.34. The van der Waals surface area contributed by atoms with E-state index in [0.717, 1.165) is 5.46 Å². The van der Waals surface area contributed by atoms with E-state index in [4.69, 9.17) is 5.02 Å². The smallest absolute Gasteiger partial charge is 0.321 e. The fourth-order valence-electron chi connectivity index (χ4n) is 0.623. The number of pyridine rings is 1. The number of hydrogen-bond donors (Lipinski definition) is 1. The molecule has 0 saturated heterocycles. The highest BCUT2D eigenvalue weighted by atomic mass is 16.2. The van der Waals surface area contributed by atoms with Gasteiger partial charge in [-0.15, -0.1) is 0 Å². The molecule has 0 aliphatic heterocycles. The lowest BCUT2D eigenvalue weighted by Gasteiger charge is -1.95. The predicted octanol–water partition coefficient (Wildman–Crippen LogP) is -0.0978. The van der Waals surface area contributed by atoms with Gasteiger partial charge in [-0.25, -0.2) is 0 Å². The Kier molecular flexibility index (Phi) is 1.85. The van der Waals surface area contributed by atoms with Crippen molar-refractivity contribution in [3.63, 3.8) is 0 Å². The van der Waals surface area contributed by atoms with Crippen LogP contribution in [0, 0.1) is 0 Å². The number of hydrogen-bond acceptors (Lipinski definition) is 2. The fraction of sp³-hybridized carbons (Fsp3) is 0.167. The van der Waals surface area contributed by atoms with Crippen LogP contribution in [0.5, 0.6) is 0 Å². The predicted molar refractivity (Wildman–Crippen MR) is 37.7 cm³/mol. The summed E-state index contributed by atoms with van der Waals surface area (Å²) in [7, 11) is 0. The van der Waals surface area contributed by atoms with E-state index >= 15 is 0 Å². The van der Waals surface area contributed by atoms with Crippen molar-refractivity contribution in [2.75, 3.05) is 0 Å². The first kappa shape index (κ1) is 6.30. The van der Waals surface area contributed by atoms with E-state index in [9.17, 15) is 0 Å². The second-order valence-corrected chi connectivity index (χ2v) is 1.96. The third-order valence-corrected chi connectivity index (χ3v) is 1.17. The summed E-state index contributed by atoms with van der Waals surface area (Å²) in [5.41, 5.74) is 0.859. The zero-order valence-corrected chi connectivity index (χ0v) is 5.28. The highest BCUT2D eigenvalue weighted by molar-refractivity contribution is 6.64. The van der Waals surface area contributed by atoms with Crippen molar-refractivity contribution in [3.05, 3.63) is 24.5 Å². The lowest BCUT2D eigenvalue weighted by atomic mass is 9.65. The molecule has 0 bridgehead atoms.